The first kappa shape index (κ1) is 13.2. The Bertz CT molecular complexity index is 319. The number of benzene rings is 1. The normalized spacial score (nSPS) is 10.1. The summed E-state index contributed by atoms with van der Waals surface area (Å²) in [6.45, 7) is 2.92. The van der Waals surface area contributed by atoms with Crippen LogP contribution in [0.15, 0.2) is 24.3 Å². The van der Waals surface area contributed by atoms with Gasteiger partial charge in [-0.25, -0.2) is 0 Å². The van der Waals surface area contributed by atoms with Crippen LogP contribution in [0.5, 0.6) is 5.75 Å². The first-order chi connectivity index (χ1) is 7.77. The molecule has 88 valence electrons. The quantitative estimate of drug-likeness (QED) is 0.432. The molecular weight excluding hydrogens is 268 g/mol. The molecule has 0 spiro atoms. The van der Waals surface area contributed by atoms with Crippen molar-refractivity contribution >= 4 is 21.7 Å². The Morgan fingerprint density at radius 1 is 1.25 bits per heavy atom. The van der Waals surface area contributed by atoms with Crippen LogP contribution in [-0.2, 0) is 0 Å². The predicted octanol–water partition coefficient (Wildman–Crippen LogP) is 3.83. The molecule has 0 N–H and O–H groups in total. The van der Waals surface area contributed by atoms with E-state index < -0.39 is 0 Å². The standard InChI is InChI=1S/C13H17BrO2/c1-2-3-4-9-16-12-7-5-11(6-8-12)13(15)10-14/h5-8H,2-4,9-10H2,1H3. The van der Waals surface area contributed by atoms with Gasteiger partial charge in [-0.3, -0.25) is 4.79 Å². The van der Waals surface area contributed by atoms with Crippen molar-refractivity contribution < 1.29 is 9.53 Å². The number of ketones is 1. The molecule has 1 rings (SSSR count). The van der Waals surface area contributed by atoms with Gasteiger partial charge in [0, 0.05) is 5.56 Å². The molecule has 0 fully saturated rings. The Balaban J connectivity index is 2.42. The SMILES string of the molecule is CCCCCOc1ccc(C(=O)CBr)cc1. The number of hydrogen-bond acceptors (Lipinski definition) is 2. The highest BCUT2D eigenvalue weighted by Gasteiger charge is 2.03. The summed E-state index contributed by atoms with van der Waals surface area (Å²) in [7, 11) is 0. The number of carbonyl (C=O) groups is 1. The Morgan fingerprint density at radius 2 is 1.94 bits per heavy atom. The van der Waals surface area contributed by atoms with E-state index in [-0.39, 0.29) is 5.78 Å². The molecule has 0 amide bonds. The van der Waals surface area contributed by atoms with Crippen LogP contribution in [0.3, 0.4) is 0 Å². The van der Waals surface area contributed by atoms with Crippen LogP contribution in [0.25, 0.3) is 0 Å². The fourth-order valence-electron chi connectivity index (χ4n) is 1.36. The van der Waals surface area contributed by atoms with E-state index in [9.17, 15) is 4.79 Å². The van der Waals surface area contributed by atoms with E-state index in [0.29, 0.717) is 5.33 Å². The van der Waals surface area contributed by atoms with Gasteiger partial charge in [0.25, 0.3) is 0 Å². The highest BCUT2D eigenvalue weighted by Crippen LogP contribution is 2.13. The second-order valence-electron chi connectivity index (χ2n) is 3.64. The molecule has 0 saturated heterocycles. The molecular formula is C13H17BrO2. The molecule has 1 aromatic carbocycles. The zero-order valence-corrected chi connectivity index (χ0v) is 11.1. The van der Waals surface area contributed by atoms with Gasteiger partial charge in [-0.15, -0.1) is 0 Å². The Labute approximate surface area is 105 Å². The lowest BCUT2D eigenvalue weighted by Crippen LogP contribution is -2.00. The number of unbranched alkanes of at least 4 members (excludes halogenated alkanes) is 2. The first-order valence-electron chi connectivity index (χ1n) is 5.60. The van der Waals surface area contributed by atoms with Gasteiger partial charge in [0.05, 0.1) is 11.9 Å². The molecule has 0 saturated carbocycles. The highest BCUT2D eigenvalue weighted by molar-refractivity contribution is 9.09. The van der Waals surface area contributed by atoms with Gasteiger partial charge >= 0.3 is 0 Å². The minimum absolute atomic E-state index is 0.0949. The molecule has 0 aliphatic rings. The maximum atomic E-state index is 11.3. The van der Waals surface area contributed by atoms with E-state index in [0.717, 1.165) is 24.3 Å². The summed E-state index contributed by atoms with van der Waals surface area (Å²) in [4.78, 5) is 11.3. The number of alkyl halides is 1. The molecule has 0 aromatic heterocycles. The van der Waals surface area contributed by atoms with Gasteiger partial charge in [-0.1, -0.05) is 35.7 Å². The lowest BCUT2D eigenvalue weighted by Gasteiger charge is -2.06. The summed E-state index contributed by atoms with van der Waals surface area (Å²) >= 11 is 3.15. The third-order valence-corrected chi connectivity index (χ3v) is 2.82. The summed E-state index contributed by atoms with van der Waals surface area (Å²) < 4.78 is 5.55. The van der Waals surface area contributed by atoms with Crippen LogP contribution in [0.1, 0.15) is 36.5 Å². The predicted molar refractivity (Wildman–Crippen MR) is 69.6 cm³/mol. The molecule has 1 aromatic rings. The summed E-state index contributed by atoms with van der Waals surface area (Å²) in [5, 5.41) is 0.365. The Hall–Kier alpha value is -0.830. The van der Waals surface area contributed by atoms with Gasteiger partial charge in [0.1, 0.15) is 5.75 Å². The van der Waals surface area contributed by atoms with E-state index in [1.807, 2.05) is 12.1 Å². The van der Waals surface area contributed by atoms with Gasteiger partial charge in [-0.05, 0) is 30.7 Å². The molecule has 3 heteroatoms. The number of carbonyl (C=O) groups excluding carboxylic acids is 1. The molecule has 2 nitrogen and oxygen atoms in total. The van der Waals surface area contributed by atoms with E-state index in [4.69, 9.17) is 4.74 Å². The Morgan fingerprint density at radius 3 is 2.50 bits per heavy atom. The van der Waals surface area contributed by atoms with Crippen LogP contribution >= 0.6 is 15.9 Å². The molecule has 0 bridgehead atoms. The first-order valence-corrected chi connectivity index (χ1v) is 6.72. The summed E-state index contributed by atoms with van der Waals surface area (Å²) in [5.74, 6) is 0.930. The van der Waals surface area contributed by atoms with Crippen molar-refractivity contribution in [1.82, 2.24) is 0 Å². The third kappa shape index (κ3) is 4.35. The van der Waals surface area contributed by atoms with Crippen LogP contribution in [0, 0.1) is 0 Å². The van der Waals surface area contributed by atoms with Crippen molar-refractivity contribution in [3.8, 4) is 5.75 Å². The van der Waals surface area contributed by atoms with Crippen molar-refractivity contribution in [3.05, 3.63) is 29.8 Å². The number of halogens is 1. The van der Waals surface area contributed by atoms with Crippen LogP contribution in [0.4, 0.5) is 0 Å². The van der Waals surface area contributed by atoms with E-state index in [1.54, 1.807) is 12.1 Å². The van der Waals surface area contributed by atoms with Crippen molar-refractivity contribution in [2.75, 3.05) is 11.9 Å². The van der Waals surface area contributed by atoms with Gasteiger partial charge in [-0.2, -0.15) is 0 Å². The molecule has 0 atom stereocenters. The Kier molecular flexibility index (Phi) is 6.16. The van der Waals surface area contributed by atoms with E-state index >= 15 is 0 Å². The molecule has 0 unspecified atom stereocenters. The summed E-state index contributed by atoms with van der Waals surface area (Å²) in [6, 6.07) is 7.31. The maximum Gasteiger partial charge on any atom is 0.173 e. The molecule has 0 heterocycles. The highest BCUT2D eigenvalue weighted by atomic mass is 79.9. The lowest BCUT2D eigenvalue weighted by atomic mass is 10.1. The fourth-order valence-corrected chi connectivity index (χ4v) is 1.68. The minimum atomic E-state index is 0.0949. The van der Waals surface area contributed by atoms with E-state index in [2.05, 4.69) is 22.9 Å². The topological polar surface area (TPSA) is 26.3 Å². The van der Waals surface area contributed by atoms with Gasteiger partial charge < -0.3 is 4.74 Å². The zero-order chi connectivity index (χ0) is 11.8. The monoisotopic (exact) mass is 284 g/mol. The van der Waals surface area contributed by atoms with Crippen molar-refractivity contribution in [2.45, 2.75) is 26.2 Å². The number of rotatable bonds is 7. The molecule has 0 aliphatic heterocycles. The zero-order valence-electron chi connectivity index (χ0n) is 9.54. The van der Waals surface area contributed by atoms with Crippen molar-refractivity contribution in [3.63, 3.8) is 0 Å². The summed E-state index contributed by atoms with van der Waals surface area (Å²) in [6.07, 6.45) is 3.47. The molecule has 0 radical (unpaired) electrons. The smallest absolute Gasteiger partial charge is 0.173 e. The van der Waals surface area contributed by atoms with E-state index in [1.165, 1.54) is 12.8 Å². The van der Waals surface area contributed by atoms with Gasteiger partial charge in [0.2, 0.25) is 0 Å². The second-order valence-corrected chi connectivity index (χ2v) is 4.20. The number of Topliss-reactive ketones (excluding diaryl/α,β-unsaturated/α-hetero) is 1. The lowest BCUT2D eigenvalue weighted by molar-refractivity contribution is 0.102. The third-order valence-electron chi connectivity index (χ3n) is 2.31. The number of hydrogen-bond donors (Lipinski definition) is 0. The fraction of sp³-hybridized carbons (Fsp3) is 0.462. The average molecular weight is 285 g/mol. The average Bonchev–Trinajstić information content (AvgIpc) is 2.34. The second kappa shape index (κ2) is 7.44. The minimum Gasteiger partial charge on any atom is -0.494 e. The van der Waals surface area contributed by atoms with Crippen molar-refractivity contribution in [1.29, 1.82) is 0 Å². The molecule has 0 aliphatic carbocycles. The van der Waals surface area contributed by atoms with Gasteiger partial charge in [0.15, 0.2) is 5.78 Å². The largest absolute Gasteiger partial charge is 0.494 e. The summed E-state index contributed by atoms with van der Waals surface area (Å²) in [5.41, 5.74) is 0.720. The maximum absolute atomic E-state index is 11.3. The van der Waals surface area contributed by atoms with Crippen LogP contribution in [-0.4, -0.2) is 17.7 Å². The van der Waals surface area contributed by atoms with Crippen LogP contribution < -0.4 is 4.74 Å². The van der Waals surface area contributed by atoms with Crippen LogP contribution in [0.2, 0.25) is 0 Å². The molecule has 16 heavy (non-hydrogen) atoms. The van der Waals surface area contributed by atoms with Crippen molar-refractivity contribution in [2.24, 2.45) is 0 Å². The number of ether oxygens (including phenoxy) is 1.